The van der Waals surface area contributed by atoms with Gasteiger partial charge in [-0.1, -0.05) is 189 Å². The summed E-state index contributed by atoms with van der Waals surface area (Å²) in [4.78, 5) is 4.62. The number of nitrogens with zero attached hydrogens (tertiary/aromatic N) is 2. The molecular formula is C81H60F2N2O2. The third kappa shape index (κ3) is 9.47. The van der Waals surface area contributed by atoms with E-state index in [1.807, 2.05) is 66.7 Å². The van der Waals surface area contributed by atoms with Crippen molar-refractivity contribution in [3.63, 3.8) is 0 Å². The smallest absolute Gasteiger partial charge is 0.123 e. The monoisotopic (exact) mass is 1130 g/mol. The highest BCUT2D eigenvalue weighted by Gasteiger charge is 2.48. The van der Waals surface area contributed by atoms with Gasteiger partial charge < -0.3 is 19.3 Å². The lowest BCUT2D eigenvalue weighted by atomic mass is 9.67. The van der Waals surface area contributed by atoms with E-state index in [0.29, 0.717) is 13.2 Å². The summed E-state index contributed by atoms with van der Waals surface area (Å²) in [7, 11) is 0. The van der Waals surface area contributed by atoms with Crippen LogP contribution >= 0.6 is 0 Å². The third-order valence-corrected chi connectivity index (χ3v) is 17.3. The Balaban J connectivity index is 0.837. The SMILES string of the molecule is C=CCCOc1ccc(C2(c3ccc(F)cc3)c3ccccc3-c3ccc(N(c4ccccc4)c4ccc(-c5ccc(N(c6ccccc6)c6ccc7c(c6)C(c6ccc(F)cc6)(c6ccc(OCC=C)cc6)c6ccccc6-7)cc5)cc4)cc32)cc1. The molecule has 14 rings (SSSR count). The van der Waals surface area contributed by atoms with Crippen LogP contribution in [0.4, 0.5) is 42.9 Å². The molecule has 2 aliphatic carbocycles. The lowest BCUT2D eigenvalue weighted by molar-refractivity contribution is 0.325. The van der Waals surface area contributed by atoms with Crippen molar-refractivity contribution in [1.29, 1.82) is 0 Å². The molecule has 87 heavy (non-hydrogen) atoms. The minimum atomic E-state index is -0.782. The molecule has 0 heterocycles. The van der Waals surface area contributed by atoms with E-state index in [1.165, 1.54) is 0 Å². The van der Waals surface area contributed by atoms with E-state index >= 15 is 0 Å². The van der Waals surface area contributed by atoms with E-state index < -0.39 is 10.8 Å². The number of benzene rings is 12. The molecule has 0 bridgehead atoms. The van der Waals surface area contributed by atoms with Crippen LogP contribution in [0.2, 0.25) is 0 Å². The fourth-order valence-corrected chi connectivity index (χ4v) is 13.5. The molecule has 2 atom stereocenters. The topological polar surface area (TPSA) is 24.9 Å². The number of para-hydroxylation sites is 2. The summed E-state index contributed by atoms with van der Waals surface area (Å²) in [6, 6.07) is 99.9. The van der Waals surface area contributed by atoms with Crippen molar-refractivity contribution in [3.8, 4) is 44.9 Å². The molecule has 2 unspecified atom stereocenters. The molecule has 0 saturated carbocycles. The third-order valence-electron chi connectivity index (χ3n) is 17.3. The summed E-state index contributed by atoms with van der Waals surface area (Å²) < 4.78 is 41.9. The Bertz CT molecular complexity index is 4460. The Hall–Kier alpha value is -10.8. The van der Waals surface area contributed by atoms with Gasteiger partial charge in [-0.15, -0.1) is 6.58 Å². The van der Waals surface area contributed by atoms with Gasteiger partial charge in [0.25, 0.3) is 0 Å². The fraction of sp³-hybridized carbons (Fsp3) is 0.0617. The van der Waals surface area contributed by atoms with Crippen molar-refractivity contribution in [3.05, 3.63) is 373 Å². The highest BCUT2D eigenvalue weighted by atomic mass is 19.1. The molecule has 420 valence electrons. The molecule has 0 spiro atoms. The van der Waals surface area contributed by atoms with Crippen LogP contribution in [0.5, 0.6) is 11.5 Å². The van der Waals surface area contributed by atoms with Crippen LogP contribution in [0.3, 0.4) is 0 Å². The van der Waals surface area contributed by atoms with Crippen molar-refractivity contribution < 1.29 is 18.3 Å². The fourth-order valence-electron chi connectivity index (χ4n) is 13.5. The summed E-state index contributed by atoms with van der Waals surface area (Å²) in [5.74, 6) is 0.955. The first kappa shape index (κ1) is 54.1. The predicted molar refractivity (Wildman–Crippen MR) is 352 cm³/mol. The largest absolute Gasteiger partial charge is 0.493 e. The van der Waals surface area contributed by atoms with Gasteiger partial charge in [0.2, 0.25) is 0 Å². The van der Waals surface area contributed by atoms with E-state index in [9.17, 15) is 8.78 Å². The zero-order valence-electron chi connectivity index (χ0n) is 47.9. The first-order valence-corrected chi connectivity index (χ1v) is 29.5. The van der Waals surface area contributed by atoms with E-state index in [-0.39, 0.29) is 11.6 Å². The van der Waals surface area contributed by atoms with Crippen molar-refractivity contribution in [1.82, 2.24) is 0 Å². The summed E-state index contributed by atoms with van der Waals surface area (Å²) >= 11 is 0. The first-order valence-electron chi connectivity index (χ1n) is 29.5. The van der Waals surface area contributed by atoms with Gasteiger partial charge in [-0.3, -0.25) is 0 Å². The second-order valence-electron chi connectivity index (χ2n) is 22.1. The zero-order chi connectivity index (χ0) is 58.9. The lowest BCUT2D eigenvalue weighted by Gasteiger charge is -2.35. The highest BCUT2D eigenvalue weighted by Crippen LogP contribution is 2.59. The molecule has 4 nitrogen and oxygen atoms in total. The normalized spacial score (nSPS) is 15.1. The van der Waals surface area contributed by atoms with Crippen LogP contribution in [-0.4, -0.2) is 13.2 Å². The van der Waals surface area contributed by atoms with Crippen LogP contribution in [0, 0.1) is 11.6 Å². The second kappa shape index (κ2) is 23.0. The molecule has 0 radical (unpaired) electrons. The maximum absolute atomic E-state index is 14.9. The average molecular weight is 1130 g/mol. The molecule has 0 aromatic heterocycles. The van der Waals surface area contributed by atoms with Crippen molar-refractivity contribution in [2.24, 2.45) is 0 Å². The standard InChI is InChI=1S/C81H60F2N2O2/c1-3-5-53-87-71-48-34-61(35-49-71)81(59-30-38-63(83)39-31-59)77-23-15-13-21-73(77)75-51-45-69(55-79(75)81)85(65-18-10-7-11-19-65)67-42-26-57(27-43-67)56-24-40-66(41-25-56)84(64-16-8-6-9-17-64)68-44-50-74-72-20-12-14-22-76(72)80(78(74)54-68,58-28-36-62(82)37-29-58)60-32-46-70(47-33-60)86-52-4-2/h3-4,6-51,54-55H,1-2,5,52-53H2. The van der Waals surface area contributed by atoms with Gasteiger partial charge in [-0.25, -0.2) is 8.78 Å². The average Bonchev–Trinajstić information content (AvgIpc) is 1.58. The number of rotatable bonds is 18. The van der Waals surface area contributed by atoms with E-state index in [1.54, 1.807) is 30.3 Å². The molecule has 12 aromatic carbocycles. The molecule has 0 N–H and O–H groups in total. The molecule has 0 fully saturated rings. The van der Waals surface area contributed by atoms with Crippen LogP contribution in [0.15, 0.2) is 316 Å². The molecular weight excluding hydrogens is 1070 g/mol. The number of ether oxygens (including phenoxy) is 2. The van der Waals surface area contributed by atoms with Crippen LogP contribution in [-0.2, 0) is 10.8 Å². The summed E-state index contributed by atoms with van der Waals surface area (Å²) in [5, 5.41) is 0. The first-order chi connectivity index (χ1) is 42.9. The zero-order valence-corrected chi connectivity index (χ0v) is 47.9. The quantitative estimate of drug-likeness (QED) is 0.0631. The summed E-state index contributed by atoms with van der Waals surface area (Å²) in [6.45, 7) is 8.64. The number of anilines is 6. The van der Waals surface area contributed by atoms with Gasteiger partial charge in [0.05, 0.1) is 17.4 Å². The van der Waals surface area contributed by atoms with Gasteiger partial charge in [-0.2, -0.15) is 0 Å². The van der Waals surface area contributed by atoms with Gasteiger partial charge in [-0.05, 0) is 206 Å². The van der Waals surface area contributed by atoms with Crippen molar-refractivity contribution >= 4 is 34.1 Å². The highest BCUT2D eigenvalue weighted by molar-refractivity contribution is 5.92. The van der Waals surface area contributed by atoms with Crippen molar-refractivity contribution in [2.45, 2.75) is 17.3 Å². The van der Waals surface area contributed by atoms with Gasteiger partial charge in [0, 0.05) is 34.1 Å². The predicted octanol–water partition coefficient (Wildman–Crippen LogP) is 20.8. The van der Waals surface area contributed by atoms with Crippen molar-refractivity contribution in [2.75, 3.05) is 23.0 Å². The molecule has 0 saturated heterocycles. The van der Waals surface area contributed by atoms with E-state index in [4.69, 9.17) is 9.47 Å². The minimum Gasteiger partial charge on any atom is -0.493 e. The van der Waals surface area contributed by atoms with E-state index in [2.05, 4.69) is 229 Å². The number of halogens is 2. The Kier molecular flexibility index (Phi) is 14.3. The summed E-state index contributed by atoms with van der Waals surface area (Å²) in [6.07, 6.45) is 4.35. The van der Waals surface area contributed by atoms with Crippen LogP contribution < -0.4 is 19.3 Å². The molecule has 12 aromatic rings. The Morgan fingerprint density at radius 2 is 0.667 bits per heavy atom. The maximum atomic E-state index is 14.9. The number of fused-ring (bicyclic) bond motifs is 6. The second-order valence-corrected chi connectivity index (χ2v) is 22.1. The Morgan fingerprint density at radius 3 is 1.07 bits per heavy atom. The Labute approximate surface area is 507 Å². The van der Waals surface area contributed by atoms with Crippen LogP contribution in [0.25, 0.3) is 33.4 Å². The molecule has 0 amide bonds. The van der Waals surface area contributed by atoms with Gasteiger partial charge in [0.15, 0.2) is 0 Å². The lowest BCUT2D eigenvalue weighted by Crippen LogP contribution is -2.29. The van der Waals surface area contributed by atoms with E-state index in [0.717, 1.165) is 130 Å². The number of hydrogen-bond donors (Lipinski definition) is 0. The Morgan fingerprint density at radius 1 is 0.322 bits per heavy atom. The van der Waals surface area contributed by atoms with Crippen LogP contribution in [0.1, 0.15) is 50.9 Å². The maximum Gasteiger partial charge on any atom is 0.123 e. The minimum absolute atomic E-state index is 0.285. The van der Waals surface area contributed by atoms with Gasteiger partial charge in [0.1, 0.15) is 29.7 Å². The molecule has 0 aliphatic heterocycles. The molecule has 2 aliphatic rings. The molecule has 6 heteroatoms. The number of hydrogen-bond acceptors (Lipinski definition) is 4. The summed E-state index contributed by atoms with van der Waals surface area (Å²) in [5.41, 5.74) is 19.6. The van der Waals surface area contributed by atoms with Gasteiger partial charge >= 0.3 is 0 Å².